The zero-order valence-electron chi connectivity index (χ0n) is 10.00. The van der Waals surface area contributed by atoms with Gasteiger partial charge in [-0.1, -0.05) is 23.4 Å². The Morgan fingerprint density at radius 2 is 2.37 bits per heavy atom. The highest BCUT2D eigenvalue weighted by Gasteiger charge is 2.09. The molecule has 1 heterocycles. The van der Waals surface area contributed by atoms with E-state index in [4.69, 9.17) is 11.6 Å². The molecule has 0 atom stereocenters. The van der Waals surface area contributed by atoms with Crippen molar-refractivity contribution in [1.29, 1.82) is 0 Å². The van der Waals surface area contributed by atoms with Crippen LogP contribution in [0.15, 0.2) is 29.7 Å². The van der Waals surface area contributed by atoms with Crippen molar-refractivity contribution in [1.82, 2.24) is 14.8 Å². The lowest BCUT2D eigenvalue weighted by Crippen LogP contribution is -2.14. The molecule has 6 nitrogen and oxygen atoms in total. The lowest BCUT2D eigenvalue weighted by atomic mass is 10.3. The van der Waals surface area contributed by atoms with E-state index in [1.54, 1.807) is 30.1 Å². The first-order chi connectivity index (χ1) is 9.06. The maximum absolute atomic E-state index is 11.7. The first-order valence-electron chi connectivity index (χ1n) is 5.31. The number of amides is 1. The monoisotopic (exact) mass is 298 g/mol. The summed E-state index contributed by atoms with van der Waals surface area (Å²) in [6.07, 6.45) is 1.56. The number of phenols is 1. The largest absolute Gasteiger partial charge is 0.506 e. The van der Waals surface area contributed by atoms with Crippen molar-refractivity contribution in [3.05, 3.63) is 29.5 Å². The zero-order valence-corrected chi connectivity index (χ0v) is 11.6. The molecule has 0 radical (unpaired) electrons. The van der Waals surface area contributed by atoms with Crippen LogP contribution in [0.1, 0.15) is 0 Å². The number of nitrogens with one attached hydrogen (secondary N) is 1. The summed E-state index contributed by atoms with van der Waals surface area (Å²) in [7, 11) is 1.80. The number of aromatic nitrogens is 3. The van der Waals surface area contributed by atoms with Crippen molar-refractivity contribution in [3.8, 4) is 5.75 Å². The van der Waals surface area contributed by atoms with Gasteiger partial charge in [0.2, 0.25) is 5.91 Å². The van der Waals surface area contributed by atoms with Gasteiger partial charge in [0, 0.05) is 18.1 Å². The number of benzene rings is 1. The lowest BCUT2D eigenvalue weighted by molar-refractivity contribution is -0.113. The van der Waals surface area contributed by atoms with Gasteiger partial charge >= 0.3 is 0 Å². The average Bonchev–Trinajstić information content (AvgIpc) is 2.76. The van der Waals surface area contributed by atoms with Gasteiger partial charge in [0.15, 0.2) is 5.16 Å². The molecule has 0 saturated heterocycles. The van der Waals surface area contributed by atoms with Gasteiger partial charge in [-0.05, 0) is 12.1 Å². The molecule has 0 aliphatic rings. The number of carbonyl (C=O) groups is 1. The number of hydrogen-bond donors (Lipinski definition) is 2. The van der Waals surface area contributed by atoms with E-state index in [1.807, 2.05) is 0 Å². The van der Waals surface area contributed by atoms with Crippen molar-refractivity contribution in [2.24, 2.45) is 7.05 Å². The van der Waals surface area contributed by atoms with E-state index < -0.39 is 0 Å². The fourth-order valence-corrected chi connectivity index (χ4v) is 2.18. The van der Waals surface area contributed by atoms with Crippen molar-refractivity contribution in [2.75, 3.05) is 11.1 Å². The minimum Gasteiger partial charge on any atom is -0.506 e. The number of carbonyl (C=O) groups excluding carboxylic acids is 1. The normalized spacial score (nSPS) is 10.4. The lowest BCUT2D eigenvalue weighted by Gasteiger charge is -2.07. The zero-order chi connectivity index (χ0) is 13.8. The molecule has 0 saturated carbocycles. The smallest absolute Gasteiger partial charge is 0.234 e. The number of nitrogens with zero attached hydrogens (tertiary/aromatic N) is 3. The maximum Gasteiger partial charge on any atom is 0.234 e. The van der Waals surface area contributed by atoms with E-state index in [9.17, 15) is 9.90 Å². The van der Waals surface area contributed by atoms with E-state index in [1.165, 1.54) is 17.8 Å². The van der Waals surface area contributed by atoms with Crippen LogP contribution >= 0.6 is 23.4 Å². The minimum absolute atomic E-state index is 0.0653. The van der Waals surface area contributed by atoms with Crippen molar-refractivity contribution >= 4 is 35.0 Å². The quantitative estimate of drug-likeness (QED) is 0.666. The molecule has 100 valence electrons. The van der Waals surface area contributed by atoms with Gasteiger partial charge in [-0.25, -0.2) is 0 Å². The first kappa shape index (κ1) is 13.7. The van der Waals surface area contributed by atoms with Crippen LogP contribution in [0, 0.1) is 0 Å². The van der Waals surface area contributed by atoms with Crippen molar-refractivity contribution < 1.29 is 9.90 Å². The summed E-state index contributed by atoms with van der Waals surface area (Å²) >= 11 is 6.96. The highest BCUT2D eigenvalue weighted by Crippen LogP contribution is 2.26. The predicted octanol–water partition coefficient (Wildman–Crippen LogP) is 1.90. The fraction of sp³-hybridized carbons (Fsp3) is 0.182. The van der Waals surface area contributed by atoms with E-state index in [-0.39, 0.29) is 17.4 Å². The third-order valence-corrected chi connectivity index (χ3v) is 3.51. The molecule has 0 unspecified atom stereocenters. The first-order valence-corrected chi connectivity index (χ1v) is 6.68. The Hall–Kier alpha value is -1.73. The van der Waals surface area contributed by atoms with Crippen LogP contribution in [0.4, 0.5) is 5.69 Å². The summed E-state index contributed by atoms with van der Waals surface area (Å²) in [5.74, 6) is -0.135. The van der Waals surface area contributed by atoms with Gasteiger partial charge < -0.3 is 15.0 Å². The van der Waals surface area contributed by atoms with Gasteiger partial charge in [-0.2, -0.15) is 0 Å². The number of aryl methyl sites for hydroxylation is 1. The van der Waals surface area contributed by atoms with Crippen LogP contribution in [0.2, 0.25) is 5.02 Å². The molecule has 0 fully saturated rings. The number of phenolic OH excluding ortho intramolecular Hbond substituents is 1. The Morgan fingerprint density at radius 3 is 3.00 bits per heavy atom. The Labute approximate surface area is 118 Å². The Bertz CT molecular complexity index is 602. The Morgan fingerprint density at radius 1 is 1.58 bits per heavy atom. The number of aromatic hydroxyl groups is 1. The van der Waals surface area contributed by atoms with Gasteiger partial charge in [0.1, 0.15) is 12.1 Å². The minimum atomic E-state index is -0.245. The molecule has 8 heteroatoms. The third-order valence-electron chi connectivity index (χ3n) is 2.24. The molecule has 2 N–H and O–H groups in total. The molecule has 0 aliphatic carbocycles. The van der Waals surface area contributed by atoms with E-state index in [0.717, 1.165) is 0 Å². The van der Waals surface area contributed by atoms with Crippen LogP contribution < -0.4 is 5.32 Å². The van der Waals surface area contributed by atoms with Crippen LogP contribution in [0.3, 0.4) is 0 Å². The summed E-state index contributed by atoms with van der Waals surface area (Å²) in [4.78, 5) is 11.7. The summed E-state index contributed by atoms with van der Waals surface area (Å²) in [6, 6.07) is 4.50. The second-order valence-electron chi connectivity index (χ2n) is 3.72. The van der Waals surface area contributed by atoms with Gasteiger partial charge in [0.25, 0.3) is 0 Å². The van der Waals surface area contributed by atoms with Crippen LogP contribution in [0.5, 0.6) is 5.75 Å². The molecule has 2 aromatic rings. The summed E-state index contributed by atoms with van der Waals surface area (Å²) in [5.41, 5.74) is 0.327. The summed E-state index contributed by atoms with van der Waals surface area (Å²) in [6.45, 7) is 0. The molecular weight excluding hydrogens is 288 g/mol. The van der Waals surface area contributed by atoms with Crippen LogP contribution in [-0.2, 0) is 11.8 Å². The van der Waals surface area contributed by atoms with Gasteiger partial charge in [-0.3, -0.25) is 4.79 Å². The van der Waals surface area contributed by atoms with Crippen LogP contribution in [0.25, 0.3) is 0 Å². The number of thioether (sulfide) groups is 1. The third kappa shape index (κ3) is 3.62. The SMILES string of the molecule is Cn1cnnc1SCC(=O)Nc1ccc(Cl)cc1O. The topological polar surface area (TPSA) is 80.0 Å². The molecule has 1 aromatic heterocycles. The summed E-state index contributed by atoms with van der Waals surface area (Å²) in [5, 5.41) is 20.8. The molecule has 19 heavy (non-hydrogen) atoms. The van der Waals surface area contributed by atoms with E-state index in [0.29, 0.717) is 15.9 Å². The number of hydrogen-bond acceptors (Lipinski definition) is 5. The van der Waals surface area contributed by atoms with Gasteiger partial charge in [0.05, 0.1) is 11.4 Å². The molecule has 2 rings (SSSR count). The highest BCUT2D eigenvalue weighted by molar-refractivity contribution is 7.99. The Balaban J connectivity index is 1.93. The summed E-state index contributed by atoms with van der Waals surface area (Å²) < 4.78 is 1.72. The van der Waals surface area contributed by atoms with Crippen molar-refractivity contribution in [2.45, 2.75) is 5.16 Å². The Kier molecular flexibility index (Phi) is 4.28. The molecule has 1 amide bonds. The molecule has 0 bridgehead atoms. The molecule has 1 aromatic carbocycles. The molecule has 0 spiro atoms. The maximum atomic E-state index is 11.7. The second-order valence-corrected chi connectivity index (χ2v) is 5.10. The highest BCUT2D eigenvalue weighted by atomic mass is 35.5. The van der Waals surface area contributed by atoms with Crippen LogP contribution in [-0.4, -0.2) is 31.5 Å². The average molecular weight is 299 g/mol. The number of rotatable bonds is 4. The van der Waals surface area contributed by atoms with E-state index in [2.05, 4.69) is 15.5 Å². The van der Waals surface area contributed by atoms with Crippen molar-refractivity contribution in [3.63, 3.8) is 0 Å². The van der Waals surface area contributed by atoms with E-state index >= 15 is 0 Å². The second kappa shape index (κ2) is 5.94. The number of halogens is 1. The predicted molar refractivity (Wildman–Crippen MR) is 73.5 cm³/mol. The molecular formula is C11H11ClN4O2S. The molecule has 0 aliphatic heterocycles. The van der Waals surface area contributed by atoms with Gasteiger partial charge in [-0.15, -0.1) is 10.2 Å². The fourth-order valence-electron chi connectivity index (χ4n) is 1.33. The standard InChI is InChI=1S/C11H11ClN4O2S/c1-16-6-13-15-11(16)19-5-10(18)14-8-3-2-7(12)4-9(8)17/h2-4,6,17H,5H2,1H3,(H,14,18). The number of anilines is 1.